The second-order valence-electron chi connectivity index (χ2n) is 2.54. The number of ether oxygens (including phenoxy) is 1. The second kappa shape index (κ2) is 4.41. The molecule has 0 saturated carbocycles. The van der Waals surface area contributed by atoms with Crippen LogP contribution in [0.15, 0.2) is 23.1 Å². The maximum atomic E-state index is 5.49. The molecular formula is C10H14OS. The van der Waals surface area contributed by atoms with Crippen molar-refractivity contribution in [2.45, 2.75) is 18.7 Å². The van der Waals surface area contributed by atoms with Crippen LogP contribution in [0.4, 0.5) is 0 Å². The van der Waals surface area contributed by atoms with Crippen molar-refractivity contribution in [2.75, 3.05) is 12.9 Å². The van der Waals surface area contributed by atoms with E-state index in [4.69, 9.17) is 4.74 Å². The molecule has 12 heavy (non-hydrogen) atoms. The molecule has 0 radical (unpaired) electrons. The first-order chi connectivity index (χ1) is 5.79. The Morgan fingerprint density at radius 3 is 2.75 bits per heavy atom. The van der Waals surface area contributed by atoms with Crippen molar-refractivity contribution in [1.82, 2.24) is 0 Å². The number of hydrogen-bond donors (Lipinski definition) is 0. The average Bonchev–Trinajstić information content (AvgIpc) is 2.05. The van der Waals surface area contributed by atoms with Gasteiger partial charge in [0.05, 0.1) is 11.5 Å². The predicted octanol–water partition coefficient (Wildman–Crippen LogP) is 3.12. The molecule has 1 aromatic rings. The van der Waals surface area contributed by atoms with Crippen molar-refractivity contribution in [1.29, 1.82) is 0 Å². The monoisotopic (exact) mass is 182 g/mol. The van der Waals surface area contributed by atoms with Crippen LogP contribution in [-0.2, 0) is 0 Å². The highest BCUT2D eigenvalue weighted by molar-refractivity contribution is 7.98. The van der Waals surface area contributed by atoms with Gasteiger partial charge in [-0.15, -0.1) is 11.8 Å². The summed E-state index contributed by atoms with van der Waals surface area (Å²) in [5, 5.41) is 0. The normalized spacial score (nSPS) is 9.92. The molecule has 0 saturated heterocycles. The van der Waals surface area contributed by atoms with E-state index in [2.05, 4.69) is 19.2 Å². The summed E-state index contributed by atoms with van der Waals surface area (Å²) in [7, 11) is 0. The number of hydrogen-bond acceptors (Lipinski definition) is 2. The Hall–Kier alpha value is -0.630. The minimum Gasteiger partial charge on any atom is -0.493 e. The SMILES string of the molecule is CCOc1cccc(C)c1SC. The van der Waals surface area contributed by atoms with E-state index in [0.29, 0.717) is 0 Å². The van der Waals surface area contributed by atoms with Crippen molar-refractivity contribution >= 4 is 11.8 Å². The summed E-state index contributed by atoms with van der Waals surface area (Å²) in [6, 6.07) is 6.15. The Bertz CT molecular complexity index is 258. The molecule has 1 aromatic carbocycles. The molecule has 1 rings (SSSR count). The van der Waals surface area contributed by atoms with E-state index in [1.165, 1.54) is 10.5 Å². The van der Waals surface area contributed by atoms with E-state index in [0.717, 1.165) is 12.4 Å². The summed E-state index contributed by atoms with van der Waals surface area (Å²) in [6.45, 7) is 4.85. The Morgan fingerprint density at radius 2 is 2.17 bits per heavy atom. The third-order valence-corrected chi connectivity index (χ3v) is 2.61. The van der Waals surface area contributed by atoms with E-state index in [9.17, 15) is 0 Å². The highest BCUT2D eigenvalue weighted by Gasteiger charge is 2.03. The molecule has 0 spiro atoms. The zero-order valence-corrected chi connectivity index (χ0v) is 8.57. The Balaban J connectivity index is 3.00. The van der Waals surface area contributed by atoms with Crippen LogP contribution in [0.3, 0.4) is 0 Å². The van der Waals surface area contributed by atoms with Crippen LogP contribution >= 0.6 is 11.8 Å². The van der Waals surface area contributed by atoms with Crippen LogP contribution in [0, 0.1) is 6.92 Å². The number of rotatable bonds is 3. The van der Waals surface area contributed by atoms with E-state index in [1.54, 1.807) is 11.8 Å². The first-order valence-electron chi connectivity index (χ1n) is 4.06. The van der Waals surface area contributed by atoms with Gasteiger partial charge < -0.3 is 4.74 Å². The van der Waals surface area contributed by atoms with Gasteiger partial charge in [0.15, 0.2) is 0 Å². The highest BCUT2D eigenvalue weighted by atomic mass is 32.2. The topological polar surface area (TPSA) is 9.23 Å². The first kappa shape index (κ1) is 9.46. The lowest BCUT2D eigenvalue weighted by molar-refractivity contribution is 0.332. The van der Waals surface area contributed by atoms with Crippen LogP contribution in [0.2, 0.25) is 0 Å². The largest absolute Gasteiger partial charge is 0.493 e. The van der Waals surface area contributed by atoms with Crippen molar-refractivity contribution in [3.8, 4) is 5.75 Å². The molecule has 1 nitrogen and oxygen atoms in total. The Kier molecular flexibility index (Phi) is 3.48. The lowest BCUT2D eigenvalue weighted by Gasteiger charge is -2.09. The highest BCUT2D eigenvalue weighted by Crippen LogP contribution is 2.30. The number of benzene rings is 1. The molecule has 0 aliphatic heterocycles. The predicted molar refractivity (Wildman–Crippen MR) is 54.1 cm³/mol. The Labute approximate surface area is 78.1 Å². The number of aryl methyl sites for hydroxylation is 1. The summed E-state index contributed by atoms with van der Waals surface area (Å²) >= 11 is 1.74. The molecule has 0 N–H and O–H groups in total. The minimum absolute atomic E-state index is 0.733. The van der Waals surface area contributed by atoms with Crippen molar-refractivity contribution < 1.29 is 4.74 Å². The van der Waals surface area contributed by atoms with E-state index in [-0.39, 0.29) is 0 Å². The molecular weight excluding hydrogens is 168 g/mol. The van der Waals surface area contributed by atoms with Gasteiger partial charge in [0.1, 0.15) is 5.75 Å². The third-order valence-electron chi connectivity index (χ3n) is 1.68. The molecule has 0 amide bonds. The third kappa shape index (κ3) is 1.95. The molecule has 0 aliphatic rings. The van der Waals surface area contributed by atoms with Gasteiger partial charge in [-0.25, -0.2) is 0 Å². The lowest BCUT2D eigenvalue weighted by Crippen LogP contribution is -1.94. The summed E-state index contributed by atoms with van der Waals surface area (Å²) in [6.07, 6.45) is 2.07. The van der Waals surface area contributed by atoms with Gasteiger partial charge in [-0.3, -0.25) is 0 Å². The summed E-state index contributed by atoms with van der Waals surface area (Å²) in [5.74, 6) is 1.00. The zero-order chi connectivity index (χ0) is 8.97. The fourth-order valence-electron chi connectivity index (χ4n) is 1.16. The smallest absolute Gasteiger partial charge is 0.133 e. The van der Waals surface area contributed by atoms with Crippen molar-refractivity contribution in [2.24, 2.45) is 0 Å². The van der Waals surface area contributed by atoms with Crippen LogP contribution in [0.1, 0.15) is 12.5 Å². The number of thioether (sulfide) groups is 1. The molecule has 0 atom stereocenters. The molecule has 0 unspecified atom stereocenters. The van der Waals surface area contributed by atoms with Gasteiger partial charge in [0.25, 0.3) is 0 Å². The van der Waals surface area contributed by atoms with Crippen LogP contribution in [0.25, 0.3) is 0 Å². The maximum absolute atomic E-state index is 5.49. The molecule has 66 valence electrons. The van der Waals surface area contributed by atoms with E-state index in [1.807, 2.05) is 19.1 Å². The van der Waals surface area contributed by atoms with Gasteiger partial charge in [-0.05, 0) is 31.7 Å². The standard InChI is InChI=1S/C10H14OS/c1-4-11-9-7-5-6-8(2)10(9)12-3/h5-7H,4H2,1-3H3. The summed E-state index contributed by atoms with van der Waals surface area (Å²) in [4.78, 5) is 1.25. The van der Waals surface area contributed by atoms with Gasteiger partial charge >= 0.3 is 0 Å². The molecule has 0 fully saturated rings. The fraction of sp³-hybridized carbons (Fsp3) is 0.400. The van der Waals surface area contributed by atoms with Gasteiger partial charge in [0, 0.05) is 0 Å². The van der Waals surface area contributed by atoms with Crippen molar-refractivity contribution in [3.05, 3.63) is 23.8 Å². The maximum Gasteiger partial charge on any atom is 0.133 e. The summed E-state index contributed by atoms with van der Waals surface area (Å²) in [5.41, 5.74) is 1.29. The van der Waals surface area contributed by atoms with E-state index < -0.39 is 0 Å². The van der Waals surface area contributed by atoms with E-state index >= 15 is 0 Å². The van der Waals surface area contributed by atoms with Gasteiger partial charge in [-0.2, -0.15) is 0 Å². The molecule has 0 aromatic heterocycles. The van der Waals surface area contributed by atoms with Crippen LogP contribution in [0.5, 0.6) is 5.75 Å². The second-order valence-corrected chi connectivity index (χ2v) is 3.36. The zero-order valence-electron chi connectivity index (χ0n) is 7.76. The Morgan fingerprint density at radius 1 is 1.42 bits per heavy atom. The lowest BCUT2D eigenvalue weighted by atomic mass is 10.2. The average molecular weight is 182 g/mol. The molecule has 0 bridgehead atoms. The fourth-order valence-corrected chi connectivity index (χ4v) is 1.87. The minimum atomic E-state index is 0.733. The van der Waals surface area contributed by atoms with Crippen LogP contribution in [-0.4, -0.2) is 12.9 Å². The summed E-state index contributed by atoms with van der Waals surface area (Å²) < 4.78 is 5.49. The van der Waals surface area contributed by atoms with Gasteiger partial charge in [-0.1, -0.05) is 12.1 Å². The van der Waals surface area contributed by atoms with Crippen LogP contribution < -0.4 is 4.74 Å². The molecule has 0 heterocycles. The molecule has 2 heteroatoms. The quantitative estimate of drug-likeness (QED) is 0.664. The van der Waals surface area contributed by atoms with Crippen molar-refractivity contribution in [3.63, 3.8) is 0 Å². The molecule has 0 aliphatic carbocycles. The van der Waals surface area contributed by atoms with Gasteiger partial charge in [0.2, 0.25) is 0 Å². The first-order valence-corrected chi connectivity index (χ1v) is 5.28.